The Balaban J connectivity index is 2.03. The van der Waals surface area contributed by atoms with Gasteiger partial charge in [-0.25, -0.2) is 9.80 Å². The van der Waals surface area contributed by atoms with Crippen molar-refractivity contribution in [3.63, 3.8) is 0 Å². The molecule has 2 amide bonds. The first-order valence-corrected chi connectivity index (χ1v) is 9.71. The van der Waals surface area contributed by atoms with E-state index in [2.05, 4.69) is 46.6 Å². The number of benzene rings is 1. The van der Waals surface area contributed by atoms with Crippen LogP contribution in [0, 0.1) is 5.53 Å². The third kappa shape index (κ3) is 6.29. The Kier molecular flexibility index (Phi) is 8.61. The van der Waals surface area contributed by atoms with Crippen LogP contribution in [0.2, 0.25) is 0 Å². The quantitative estimate of drug-likeness (QED) is 0.256. The highest BCUT2D eigenvalue weighted by atomic mass is 35.5. The number of allylic oxidation sites excluding steroid dienone is 1. The van der Waals surface area contributed by atoms with E-state index in [9.17, 15) is 4.79 Å². The molecule has 1 aliphatic rings. The van der Waals surface area contributed by atoms with Gasteiger partial charge in [-0.15, -0.1) is 6.58 Å². The minimum atomic E-state index is -0.523. The number of carbonyl (C=O) groups is 1. The summed E-state index contributed by atoms with van der Waals surface area (Å²) < 4.78 is 0. The van der Waals surface area contributed by atoms with Crippen LogP contribution in [-0.2, 0) is 11.3 Å². The third-order valence-corrected chi connectivity index (χ3v) is 4.89. The zero-order valence-electron chi connectivity index (χ0n) is 16.7. The van der Waals surface area contributed by atoms with Crippen LogP contribution >= 0.6 is 11.6 Å². The maximum Gasteiger partial charge on any atom is 0.339 e. The van der Waals surface area contributed by atoms with Crippen molar-refractivity contribution in [1.82, 2.24) is 10.3 Å². The first-order valence-electron chi connectivity index (χ1n) is 9.28. The number of fused-ring (bicyclic) bond motifs is 1. The molecule has 29 heavy (non-hydrogen) atoms. The highest BCUT2D eigenvalue weighted by Crippen LogP contribution is 2.21. The summed E-state index contributed by atoms with van der Waals surface area (Å²) in [5, 5.41) is 10.9. The Labute approximate surface area is 176 Å². The second-order valence-corrected chi connectivity index (χ2v) is 6.86. The fraction of sp³-hybridized carbons (Fsp3) is 0.333. The number of carbonyl (C=O) groups excluding carboxylic acids is 1. The lowest BCUT2D eigenvalue weighted by atomic mass is 9.94. The van der Waals surface area contributed by atoms with E-state index in [1.165, 1.54) is 23.7 Å². The minimum Gasteiger partial charge on any atom is -0.391 e. The number of nitrogens with zero attached hydrogens (tertiary/aromatic N) is 3. The van der Waals surface area contributed by atoms with Crippen LogP contribution in [0.3, 0.4) is 0 Å². The van der Waals surface area contributed by atoms with Crippen molar-refractivity contribution >= 4 is 29.4 Å². The van der Waals surface area contributed by atoms with Gasteiger partial charge in [0.2, 0.25) is 0 Å². The number of amides is 2. The van der Waals surface area contributed by atoms with Gasteiger partial charge in [-0.3, -0.25) is 0 Å². The lowest BCUT2D eigenvalue weighted by Crippen LogP contribution is -2.42. The molecule has 8 heteroatoms. The van der Waals surface area contributed by atoms with Gasteiger partial charge in [-0.05, 0) is 48.9 Å². The number of nitrogens with one attached hydrogen (secondary N) is 2. The van der Waals surface area contributed by atoms with Gasteiger partial charge in [0.1, 0.15) is 6.61 Å². The number of hydrogen-bond donors (Lipinski definition) is 2. The number of rotatable bonds is 9. The van der Waals surface area contributed by atoms with Crippen molar-refractivity contribution in [2.45, 2.75) is 32.2 Å². The Hall–Kier alpha value is -2.93. The summed E-state index contributed by atoms with van der Waals surface area (Å²) in [4.78, 5) is 17.5. The van der Waals surface area contributed by atoms with Crippen molar-refractivity contribution in [3.05, 3.63) is 64.7 Å². The van der Waals surface area contributed by atoms with E-state index in [4.69, 9.17) is 22.0 Å². The van der Waals surface area contributed by atoms with Gasteiger partial charge in [0.25, 0.3) is 0 Å². The van der Waals surface area contributed by atoms with Crippen molar-refractivity contribution in [1.29, 1.82) is 5.53 Å². The molecule has 0 heterocycles. The van der Waals surface area contributed by atoms with E-state index in [-0.39, 0.29) is 6.61 Å². The standard InChI is InChI=1S/C21H26ClN5O2/c1-4-7-20(24-21(28)27(3)26-23)19(13-22)14-29-25-15(2)17-11-10-16-8-5-6-9-18(16)12-17/h4,6,9-13,20,23H,1,5,7-8,14H2,2-3H3,(H,24,28)/b19-13+,25-15-,26-23?. The smallest absolute Gasteiger partial charge is 0.339 e. The molecule has 2 rings (SSSR count). The highest BCUT2D eigenvalue weighted by Gasteiger charge is 2.19. The molecule has 2 N–H and O–H groups in total. The van der Waals surface area contributed by atoms with Crippen LogP contribution in [0.5, 0.6) is 0 Å². The Morgan fingerprint density at radius 2 is 2.31 bits per heavy atom. The first kappa shape index (κ1) is 22.4. The van der Waals surface area contributed by atoms with E-state index in [0.29, 0.717) is 12.0 Å². The van der Waals surface area contributed by atoms with Crippen LogP contribution < -0.4 is 5.32 Å². The van der Waals surface area contributed by atoms with Crippen LogP contribution in [0.15, 0.2) is 58.4 Å². The van der Waals surface area contributed by atoms with Gasteiger partial charge < -0.3 is 10.2 Å². The van der Waals surface area contributed by atoms with E-state index < -0.39 is 12.1 Å². The van der Waals surface area contributed by atoms with Crippen molar-refractivity contribution in [2.75, 3.05) is 13.7 Å². The van der Waals surface area contributed by atoms with Gasteiger partial charge in [0.05, 0.1) is 11.8 Å². The summed E-state index contributed by atoms with van der Waals surface area (Å²) in [6.45, 7) is 5.69. The fourth-order valence-electron chi connectivity index (χ4n) is 2.87. The number of aryl methyl sites for hydroxylation is 1. The second-order valence-electron chi connectivity index (χ2n) is 6.64. The first-order chi connectivity index (χ1) is 14.0. The monoisotopic (exact) mass is 415 g/mol. The van der Waals surface area contributed by atoms with Crippen LogP contribution in [-0.4, -0.2) is 36.4 Å². The van der Waals surface area contributed by atoms with Gasteiger partial charge in [0, 0.05) is 18.2 Å². The average molecular weight is 416 g/mol. The zero-order chi connectivity index (χ0) is 21.2. The molecule has 1 aromatic carbocycles. The molecule has 0 aliphatic heterocycles. The van der Waals surface area contributed by atoms with Crippen LogP contribution in [0.25, 0.3) is 6.08 Å². The lowest BCUT2D eigenvalue weighted by molar-refractivity contribution is 0.161. The zero-order valence-corrected chi connectivity index (χ0v) is 17.4. The summed E-state index contributed by atoms with van der Waals surface area (Å²) in [5.41, 5.74) is 13.2. The molecule has 1 aromatic rings. The van der Waals surface area contributed by atoms with Crippen molar-refractivity contribution < 1.29 is 9.63 Å². The normalized spacial score (nSPS) is 14.6. The Morgan fingerprint density at radius 1 is 1.52 bits per heavy atom. The van der Waals surface area contributed by atoms with Gasteiger partial charge in [-0.1, -0.05) is 52.3 Å². The molecule has 0 bridgehead atoms. The average Bonchev–Trinajstić information content (AvgIpc) is 2.75. The summed E-state index contributed by atoms with van der Waals surface area (Å²) in [6, 6.07) is 5.31. The van der Waals surface area contributed by atoms with Crippen LogP contribution in [0.4, 0.5) is 4.79 Å². The number of halogens is 1. The maximum atomic E-state index is 12.0. The maximum absolute atomic E-state index is 12.0. The molecule has 0 saturated heterocycles. The molecule has 0 saturated carbocycles. The van der Waals surface area contributed by atoms with Gasteiger partial charge >= 0.3 is 6.03 Å². The molecule has 1 aliphatic carbocycles. The summed E-state index contributed by atoms with van der Waals surface area (Å²) in [6.07, 6.45) is 8.54. The number of hydrogen-bond acceptors (Lipinski definition) is 5. The van der Waals surface area contributed by atoms with E-state index >= 15 is 0 Å². The predicted molar refractivity (Wildman–Crippen MR) is 116 cm³/mol. The molecule has 0 fully saturated rings. The Morgan fingerprint density at radius 3 is 3.00 bits per heavy atom. The minimum absolute atomic E-state index is 0.103. The lowest BCUT2D eigenvalue weighted by Gasteiger charge is -2.21. The molecule has 1 atom stereocenters. The van der Waals surface area contributed by atoms with Gasteiger partial charge in [0.15, 0.2) is 0 Å². The van der Waals surface area contributed by atoms with Crippen molar-refractivity contribution in [3.8, 4) is 0 Å². The molecule has 0 aromatic heterocycles. The predicted octanol–water partition coefficient (Wildman–Crippen LogP) is 5.04. The number of oxime groups is 1. The van der Waals surface area contributed by atoms with E-state index in [1.807, 2.05) is 13.0 Å². The molecular formula is C21H26ClN5O2. The largest absolute Gasteiger partial charge is 0.391 e. The van der Waals surface area contributed by atoms with E-state index in [1.54, 1.807) is 6.08 Å². The fourth-order valence-corrected chi connectivity index (χ4v) is 3.09. The molecule has 1 unspecified atom stereocenters. The molecule has 154 valence electrons. The molecule has 7 nitrogen and oxygen atoms in total. The molecule has 0 radical (unpaired) electrons. The summed E-state index contributed by atoms with van der Waals surface area (Å²) >= 11 is 5.95. The summed E-state index contributed by atoms with van der Waals surface area (Å²) in [5.74, 6) is 0. The SMILES string of the molecule is C=CCC(NC(=O)N(C)N=N)/C(=C/Cl)CO/N=C(/C)c1ccc2c(c1)C=CCC2. The molecule has 0 spiro atoms. The number of urea groups is 1. The van der Waals surface area contributed by atoms with Crippen LogP contribution in [0.1, 0.15) is 36.5 Å². The second kappa shape index (κ2) is 11.2. The Bertz CT molecular complexity index is 847. The molecular weight excluding hydrogens is 390 g/mol. The van der Waals surface area contributed by atoms with E-state index in [0.717, 1.165) is 29.1 Å². The topological polar surface area (TPSA) is 90.1 Å². The third-order valence-electron chi connectivity index (χ3n) is 4.61. The van der Waals surface area contributed by atoms with Gasteiger partial charge in [-0.2, -0.15) is 5.53 Å². The summed E-state index contributed by atoms with van der Waals surface area (Å²) in [7, 11) is 1.38. The van der Waals surface area contributed by atoms with Crippen molar-refractivity contribution in [2.24, 2.45) is 10.4 Å². The highest BCUT2D eigenvalue weighted by molar-refractivity contribution is 6.25.